The molecule has 1 fully saturated rings. The number of benzene rings is 1. The summed E-state index contributed by atoms with van der Waals surface area (Å²) in [6.07, 6.45) is 1.23. The standard InChI is InChI=1S/C14H22N2O.C2H6/c1-12-5-6-13(11-14(12)17-3)16-8-4-7-15(2)9-10-16;1-2/h5-6,11H,4,7-10H2,1-3H3;1-2H3. The van der Waals surface area contributed by atoms with E-state index < -0.39 is 0 Å². The minimum atomic E-state index is 0.986. The van der Waals surface area contributed by atoms with Crippen molar-refractivity contribution in [2.24, 2.45) is 0 Å². The fourth-order valence-corrected chi connectivity index (χ4v) is 2.31. The highest BCUT2D eigenvalue weighted by molar-refractivity contribution is 5.53. The molecule has 0 aliphatic carbocycles. The van der Waals surface area contributed by atoms with E-state index in [9.17, 15) is 0 Å². The van der Waals surface area contributed by atoms with Gasteiger partial charge in [0.05, 0.1) is 7.11 Å². The molecule has 3 heteroatoms. The Balaban J connectivity index is 0.000000861. The van der Waals surface area contributed by atoms with Crippen molar-refractivity contribution in [2.45, 2.75) is 27.2 Å². The third-order valence-corrected chi connectivity index (χ3v) is 3.48. The number of hydrogen-bond acceptors (Lipinski definition) is 3. The molecule has 108 valence electrons. The zero-order valence-corrected chi connectivity index (χ0v) is 13.1. The number of anilines is 1. The maximum atomic E-state index is 5.39. The number of rotatable bonds is 2. The monoisotopic (exact) mass is 264 g/mol. The van der Waals surface area contributed by atoms with Crippen molar-refractivity contribution < 1.29 is 4.74 Å². The highest BCUT2D eigenvalue weighted by atomic mass is 16.5. The summed E-state index contributed by atoms with van der Waals surface area (Å²) in [6, 6.07) is 6.49. The number of ether oxygens (including phenoxy) is 1. The van der Waals surface area contributed by atoms with Gasteiger partial charge in [0.15, 0.2) is 0 Å². The fraction of sp³-hybridized carbons (Fsp3) is 0.625. The molecule has 1 aromatic rings. The Labute approximate surface area is 118 Å². The Kier molecular flexibility index (Phi) is 6.71. The molecule has 1 aromatic carbocycles. The minimum absolute atomic E-state index is 0.986. The van der Waals surface area contributed by atoms with Crippen LogP contribution in [0.3, 0.4) is 0 Å². The largest absolute Gasteiger partial charge is 0.496 e. The zero-order valence-electron chi connectivity index (χ0n) is 13.1. The number of methoxy groups -OCH3 is 1. The van der Waals surface area contributed by atoms with Crippen molar-refractivity contribution in [2.75, 3.05) is 45.2 Å². The topological polar surface area (TPSA) is 15.7 Å². The van der Waals surface area contributed by atoms with Crippen molar-refractivity contribution in [3.05, 3.63) is 23.8 Å². The Morgan fingerprint density at radius 1 is 1.05 bits per heavy atom. The van der Waals surface area contributed by atoms with Gasteiger partial charge in [-0.3, -0.25) is 0 Å². The Bertz CT molecular complexity index is 379. The molecule has 3 nitrogen and oxygen atoms in total. The maximum absolute atomic E-state index is 5.39. The van der Waals surface area contributed by atoms with E-state index in [0.717, 1.165) is 25.4 Å². The van der Waals surface area contributed by atoms with Crippen LogP contribution < -0.4 is 9.64 Å². The zero-order chi connectivity index (χ0) is 14.3. The molecule has 0 N–H and O–H groups in total. The molecule has 1 aliphatic rings. The van der Waals surface area contributed by atoms with Crippen LogP contribution >= 0.6 is 0 Å². The van der Waals surface area contributed by atoms with Gasteiger partial charge in [-0.25, -0.2) is 0 Å². The van der Waals surface area contributed by atoms with E-state index in [-0.39, 0.29) is 0 Å². The molecule has 1 aliphatic heterocycles. The van der Waals surface area contributed by atoms with E-state index in [4.69, 9.17) is 4.74 Å². The second-order valence-corrected chi connectivity index (χ2v) is 4.80. The molecule has 0 spiro atoms. The lowest BCUT2D eigenvalue weighted by Crippen LogP contribution is -2.28. The summed E-state index contributed by atoms with van der Waals surface area (Å²) in [5.41, 5.74) is 2.48. The van der Waals surface area contributed by atoms with Gasteiger partial charge in [0, 0.05) is 31.4 Å². The normalized spacial score (nSPS) is 16.4. The quantitative estimate of drug-likeness (QED) is 0.816. The maximum Gasteiger partial charge on any atom is 0.123 e. The molecule has 1 saturated heterocycles. The van der Waals surface area contributed by atoms with Crippen molar-refractivity contribution >= 4 is 5.69 Å². The molecule has 0 aromatic heterocycles. The van der Waals surface area contributed by atoms with Crippen LogP contribution in [0.2, 0.25) is 0 Å². The van der Waals surface area contributed by atoms with E-state index in [2.05, 4.69) is 42.0 Å². The fourth-order valence-electron chi connectivity index (χ4n) is 2.31. The van der Waals surface area contributed by atoms with E-state index in [1.807, 2.05) is 13.8 Å². The summed E-state index contributed by atoms with van der Waals surface area (Å²) in [5.74, 6) is 0.986. The van der Waals surface area contributed by atoms with Gasteiger partial charge in [-0.1, -0.05) is 19.9 Å². The van der Waals surface area contributed by atoms with E-state index in [1.165, 1.54) is 24.2 Å². The molecule has 0 saturated carbocycles. The first-order chi connectivity index (χ1) is 9.20. The Morgan fingerprint density at radius 2 is 1.79 bits per heavy atom. The van der Waals surface area contributed by atoms with Crippen LogP contribution in [0, 0.1) is 6.92 Å². The predicted octanol–water partition coefficient (Wildman–Crippen LogP) is 3.17. The van der Waals surface area contributed by atoms with E-state index >= 15 is 0 Å². The van der Waals surface area contributed by atoms with Crippen molar-refractivity contribution in [1.82, 2.24) is 4.90 Å². The molecule has 2 rings (SSSR count). The van der Waals surface area contributed by atoms with E-state index in [0.29, 0.717) is 0 Å². The van der Waals surface area contributed by atoms with Gasteiger partial charge < -0.3 is 14.5 Å². The molecule has 0 unspecified atom stereocenters. The molecule has 0 bridgehead atoms. The van der Waals surface area contributed by atoms with Gasteiger partial charge >= 0.3 is 0 Å². The summed E-state index contributed by atoms with van der Waals surface area (Å²) in [5, 5.41) is 0. The SMILES string of the molecule is CC.COc1cc(N2CCCN(C)CC2)ccc1C. The summed E-state index contributed by atoms with van der Waals surface area (Å²) in [6.45, 7) is 10.6. The lowest BCUT2D eigenvalue weighted by molar-refractivity contribution is 0.360. The van der Waals surface area contributed by atoms with Crippen LogP contribution in [0.1, 0.15) is 25.8 Å². The second kappa shape index (κ2) is 8.05. The number of hydrogen-bond donors (Lipinski definition) is 0. The lowest BCUT2D eigenvalue weighted by Gasteiger charge is -2.23. The first kappa shape index (κ1) is 15.8. The third-order valence-electron chi connectivity index (χ3n) is 3.48. The minimum Gasteiger partial charge on any atom is -0.496 e. The van der Waals surface area contributed by atoms with Gasteiger partial charge in [-0.05, 0) is 38.6 Å². The summed E-state index contributed by atoms with van der Waals surface area (Å²) in [4.78, 5) is 4.84. The average Bonchev–Trinajstić information content (AvgIpc) is 2.66. The molecule has 0 atom stereocenters. The van der Waals surface area contributed by atoms with Gasteiger partial charge in [0.1, 0.15) is 5.75 Å². The average molecular weight is 264 g/mol. The van der Waals surface area contributed by atoms with Gasteiger partial charge in [-0.15, -0.1) is 0 Å². The summed E-state index contributed by atoms with van der Waals surface area (Å²) in [7, 11) is 3.93. The molecule has 1 heterocycles. The van der Waals surface area contributed by atoms with Crippen molar-refractivity contribution in [3.8, 4) is 5.75 Å². The number of nitrogens with zero attached hydrogens (tertiary/aromatic N) is 2. The summed E-state index contributed by atoms with van der Waals surface area (Å²) >= 11 is 0. The smallest absolute Gasteiger partial charge is 0.123 e. The van der Waals surface area contributed by atoms with Crippen molar-refractivity contribution in [3.63, 3.8) is 0 Å². The summed E-state index contributed by atoms with van der Waals surface area (Å²) < 4.78 is 5.39. The molecular formula is C16H28N2O. The van der Waals surface area contributed by atoms with E-state index in [1.54, 1.807) is 7.11 Å². The first-order valence-corrected chi connectivity index (χ1v) is 7.29. The number of likely N-dealkylation sites (N-methyl/N-ethyl adjacent to an activating group) is 1. The van der Waals surface area contributed by atoms with Crippen LogP contribution in [-0.2, 0) is 0 Å². The van der Waals surface area contributed by atoms with Gasteiger partial charge in [0.2, 0.25) is 0 Å². The Hall–Kier alpha value is -1.22. The first-order valence-electron chi connectivity index (χ1n) is 7.29. The van der Waals surface area contributed by atoms with Gasteiger partial charge in [0.25, 0.3) is 0 Å². The highest BCUT2D eigenvalue weighted by Gasteiger charge is 2.13. The van der Waals surface area contributed by atoms with Crippen molar-refractivity contribution in [1.29, 1.82) is 0 Å². The third kappa shape index (κ3) is 4.43. The molecule has 0 radical (unpaired) electrons. The van der Waals surface area contributed by atoms with Crippen LogP contribution in [-0.4, -0.2) is 45.2 Å². The van der Waals surface area contributed by atoms with Gasteiger partial charge in [-0.2, -0.15) is 0 Å². The van der Waals surface area contributed by atoms with Crippen LogP contribution in [0.25, 0.3) is 0 Å². The number of aryl methyl sites for hydroxylation is 1. The molecule has 19 heavy (non-hydrogen) atoms. The van der Waals surface area contributed by atoms with Crippen LogP contribution in [0.4, 0.5) is 5.69 Å². The van der Waals surface area contributed by atoms with Crippen LogP contribution in [0.5, 0.6) is 5.75 Å². The highest BCUT2D eigenvalue weighted by Crippen LogP contribution is 2.25. The van der Waals surface area contributed by atoms with Crippen LogP contribution in [0.15, 0.2) is 18.2 Å². The predicted molar refractivity (Wildman–Crippen MR) is 83.4 cm³/mol. The Morgan fingerprint density at radius 3 is 2.47 bits per heavy atom. The lowest BCUT2D eigenvalue weighted by atomic mass is 10.2. The molecule has 0 amide bonds. The molecular weight excluding hydrogens is 236 g/mol. The second-order valence-electron chi connectivity index (χ2n) is 4.80.